The normalized spacial score (nSPS) is 25.8. The molecule has 2 amide bonds. The Morgan fingerprint density at radius 2 is 1.52 bits per heavy atom. The van der Waals surface area contributed by atoms with E-state index in [1.165, 1.54) is 56.0 Å². The predicted molar refractivity (Wildman–Crippen MR) is 156 cm³/mol. The van der Waals surface area contributed by atoms with E-state index in [0.717, 1.165) is 33.9 Å². The SMILES string of the molecule is CNC(=O)[C@H](C)N(Cc1ccc(OC)cc1)C(=O)CN(c1ccc(C23CC4CC(CC(C4)C2)C3)cc1)S(C)(=O)=O. The molecule has 4 aliphatic carbocycles. The first-order valence-corrected chi connectivity index (χ1v) is 16.1. The van der Waals surface area contributed by atoms with Crippen molar-refractivity contribution in [1.82, 2.24) is 10.2 Å². The van der Waals surface area contributed by atoms with Crippen molar-refractivity contribution in [1.29, 1.82) is 0 Å². The molecule has 4 fully saturated rings. The highest BCUT2D eigenvalue weighted by Gasteiger charge is 2.51. The number of ether oxygens (including phenoxy) is 1. The minimum absolute atomic E-state index is 0.153. The number of benzene rings is 2. The zero-order chi connectivity index (χ0) is 28.7. The van der Waals surface area contributed by atoms with Crippen LogP contribution in [0.4, 0.5) is 5.69 Å². The van der Waals surface area contributed by atoms with E-state index in [1.54, 1.807) is 26.2 Å². The second-order valence-electron chi connectivity index (χ2n) is 12.2. The Morgan fingerprint density at radius 3 is 2.00 bits per heavy atom. The Labute approximate surface area is 238 Å². The third kappa shape index (κ3) is 5.71. The third-order valence-corrected chi connectivity index (χ3v) is 10.6. The maximum Gasteiger partial charge on any atom is 0.244 e. The molecule has 0 heterocycles. The second-order valence-corrected chi connectivity index (χ2v) is 14.1. The lowest BCUT2D eigenvalue weighted by atomic mass is 9.48. The van der Waals surface area contributed by atoms with Gasteiger partial charge in [0.1, 0.15) is 18.3 Å². The van der Waals surface area contributed by atoms with E-state index in [2.05, 4.69) is 17.4 Å². The van der Waals surface area contributed by atoms with Gasteiger partial charge in [-0.15, -0.1) is 0 Å². The van der Waals surface area contributed by atoms with E-state index in [0.29, 0.717) is 11.4 Å². The van der Waals surface area contributed by atoms with Crippen molar-refractivity contribution in [2.45, 2.75) is 63.5 Å². The minimum Gasteiger partial charge on any atom is -0.497 e. The van der Waals surface area contributed by atoms with Crippen molar-refractivity contribution in [2.24, 2.45) is 17.8 Å². The van der Waals surface area contributed by atoms with Crippen molar-refractivity contribution in [3.63, 3.8) is 0 Å². The molecule has 1 atom stereocenters. The monoisotopic (exact) mass is 567 g/mol. The van der Waals surface area contributed by atoms with Crippen LogP contribution in [0.15, 0.2) is 48.5 Å². The summed E-state index contributed by atoms with van der Waals surface area (Å²) in [7, 11) is -0.675. The molecule has 0 aromatic heterocycles. The highest BCUT2D eigenvalue weighted by Crippen LogP contribution is 2.60. The maximum atomic E-state index is 13.7. The fraction of sp³-hybridized carbons (Fsp3) is 0.548. The van der Waals surface area contributed by atoms with Gasteiger partial charge in [-0.05, 0) is 104 Å². The van der Waals surface area contributed by atoms with Gasteiger partial charge in [0.05, 0.1) is 19.1 Å². The second kappa shape index (κ2) is 11.1. The third-order valence-electron chi connectivity index (χ3n) is 9.41. The molecule has 216 valence electrons. The molecule has 2 aromatic carbocycles. The van der Waals surface area contributed by atoms with E-state index < -0.39 is 28.5 Å². The fourth-order valence-electron chi connectivity index (χ4n) is 7.78. The topological polar surface area (TPSA) is 96.0 Å². The van der Waals surface area contributed by atoms with E-state index in [1.807, 2.05) is 24.3 Å². The standard InChI is InChI=1S/C31H41N3O5S/c1-21(30(36)32-2)33(19-22-5-11-28(39-3)12-6-22)29(35)20-34(40(4,37)38)27-9-7-26(8-10-27)31-16-23-13-24(17-31)15-25(14-23)18-31/h5-12,21,23-25H,13-20H2,1-4H3,(H,32,36)/t21-,23?,24?,25?,31?/m0/s1. The molecule has 2 aromatic rings. The number of carbonyl (C=O) groups is 2. The van der Waals surface area contributed by atoms with Crippen LogP contribution in [0.25, 0.3) is 0 Å². The van der Waals surface area contributed by atoms with Gasteiger partial charge in [0.25, 0.3) is 0 Å². The number of methoxy groups -OCH3 is 1. The average Bonchev–Trinajstić information content (AvgIpc) is 2.92. The van der Waals surface area contributed by atoms with Crippen LogP contribution in [0.3, 0.4) is 0 Å². The first-order chi connectivity index (χ1) is 19.0. The van der Waals surface area contributed by atoms with Crippen LogP contribution in [0, 0.1) is 17.8 Å². The number of amides is 2. The summed E-state index contributed by atoms with van der Waals surface area (Å²) >= 11 is 0. The van der Waals surface area contributed by atoms with Crippen LogP contribution in [0.2, 0.25) is 0 Å². The van der Waals surface area contributed by atoms with E-state index in [9.17, 15) is 18.0 Å². The summed E-state index contributed by atoms with van der Waals surface area (Å²) in [6.45, 7) is 1.40. The average molecular weight is 568 g/mol. The van der Waals surface area contributed by atoms with Gasteiger partial charge in [0, 0.05) is 13.6 Å². The maximum absolute atomic E-state index is 13.7. The van der Waals surface area contributed by atoms with Gasteiger partial charge in [0.15, 0.2) is 0 Å². The Bertz CT molecular complexity index is 1300. The number of nitrogens with one attached hydrogen (secondary N) is 1. The number of sulfonamides is 1. The van der Waals surface area contributed by atoms with Gasteiger partial charge in [-0.2, -0.15) is 0 Å². The quantitative estimate of drug-likeness (QED) is 0.467. The molecule has 6 rings (SSSR count). The number of likely N-dealkylation sites (N-methyl/N-ethyl adjacent to an activating group) is 1. The number of nitrogens with zero attached hydrogens (tertiary/aromatic N) is 2. The molecule has 1 N–H and O–H groups in total. The van der Waals surface area contributed by atoms with Crippen LogP contribution in [-0.2, 0) is 31.6 Å². The van der Waals surface area contributed by atoms with Crippen molar-refractivity contribution < 1.29 is 22.7 Å². The van der Waals surface area contributed by atoms with Crippen LogP contribution in [-0.4, -0.2) is 58.1 Å². The summed E-state index contributed by atoms with van der Waals surface area (Å²) in [4.78, 5) is 27.6. The summed E-state index contributed by atoms with van der Waals surface area (Å²) in [6, 6.07) is 14.3. The van der Waals surface area contributed by atoms with Gasteiger partial charge < -0.3 is 15.0 Å². The lowest BCUT2D eigenvalue weighted by Gasteiger charge is -2.57. The fourth-order valence-corrected chi connectivity index (χ4v) is 8.63. The molecular weight excluding hydrogens is 526 g/mol. The Kier molecular flexibility index (Phi) is 7.88. The van der Waals surface area contributed by atoms with Gasteiger partial charge in [-0.3, -0.25) is 13.9 Å². The van der Waals surface area contributed by atoms with Crippen molar-refractivity contribution in [3.8, 4) is 5.75 Å². The molecule has 4 saturated carbocycles. The predicted octanol–water partition coefficient (Wildman–Crippen LogP) is 4.09. The lowest BCUT2D eigenvalue weighted by molar-refractivity contribution is -0.139. The van der Waals surface area contributed by atoms with Crippen molar-refractivity contribution in [2.75, 3.05) is 31.3 Å². The molecule has 0 spiro atoms. The molecule has 4 bridgehead atoms. The van der Waals surface area contributed by atoms with E-state index in [4.69, 9.17) is 4.74 Å². The summed E-state index contributed by atoms with van der Waals surface area (Å²) in [6.07, 6.45) is 8.89. The summed E-state index contributed by atoms with van der Waals surface area (Å²) in [5.74, 6) is 2.34. The molecule has 8 nitrogen and oxygen atoms in total. The van der Waals surface area contributed by atoms with Gasteiger partial charge >= 0.3 is 0 Å². The van der Waals surface area contributed by atoms with Gasteiger partial charge in [-0.1, -0.05) is 24.3 Å². The Morgan fingerprint density at radius 1 is 0.975 bits per heavy atom. The highest BCUT2D eigenvalue weighted by atomic mass is 32.2. The number of anilines is 1. The Hall–Kier alpha value is -3.07. The van der Waals surface area contributed by atoms with E-state index >= 15 is 0 Å². The zero-order valence-electron chi connectivity index (χ0n) is 23.9. The minimum atomic E-state index is -3.77. The largest absolute Gasteiger partial charge is 0.497 e. The summed E-state index contributed by atoms with van der Waals surface area (Å²) in [5.41, 5.74) is 2.76. The van der Waals surface area contributed by atoms with Crippen LogP contribution < -0.4 is 14.4 Å². The van der Waals surface area contributed by atoms with Crippen molar-refractivity contribution in [3.05, 3.63) is 59.7 Å². The number of hydrogen-bond acceptors (Lipinski definition) is 5. The number of carbonyl (C=O) groups excluding carboxylic acids is 2. The van der Waals surface area contributed by atoms with Crippen LogP contribution >= 0.6 is 0 Å². The van der Waals surface area contributed by atoms with Crippen LogP contribution in [0.1, 0.15) is 56.6 Å². The summed E-state index contributed by atoms with van der Waals surface area (Å²) < 4.78 is 32.3. The van der Waals surface area contributed by atoms with Crippen LogP contribution in [0.5, 0.6) is 5.75 Å². The van der Waals surface area contributed by atoms with E-state index in [-0.39, 0.29) is 17.9 Å². The first-order valence-electron chi connectivity index (χ1n) is 14.2. The molecule has 4 aliphatic rings. The Balaban J connectivity index is 1.38. The molecule has 0 aliphatic heterocycles. The van der Waals surface area contributed by atoms with Gasteiger partial charge in [-0.25, -0.2) is 8.42 Å². The molecule has 40 heavy (non-hydrogen) atoms. The zero-order valence-corrected chi connectivity index (χ0v) is 24.7. The smallest absolute Gasteiger partial charge is 0.244 e. The molecule has 0 saturated heterocycles. The molecular formula is C31H41N3O5S. The number of rotatable bonds is 10. The molecule has 9 heteroatoms. The van der Waals surface area contributed by atoms with Crippen molar-refractivity contribution >= 4 is 27.5 Å². The summed E-state index contributed by atoms with van der Waals surface area (Å²) in [5, 5.41) is 2.60. The highest BCUT2D eigenvalue weighted by molar-refractivity contribution is 7.92. The molecule has 0 radical (unpaired) electrons. The molecule has 0 unspecified atom stereocenters. The lowest BCUT2D eigenvalue weighted by Crippen LogP contribution is -2.50. The first kappa shape index (κ1) is 28.5. The van der Waals surface area contributed by atoms with Gasteiger partial charge in [0.2, 0.25) is 21.8 Å². The number of hydrogen-bond donors (Lipinski definition) is 1.